The molecule has 132 valence electrons. The third-order valence-electron chi connectivity index (χ3n) is 3.63. The van der Waals surface area contributed by atoms with Gasteiger partial charge in [0.05, 0.1) is 0 Å². The number of rotatable bonds is 5. The number of aryl methyl sites for hydroxylation is 1. The van der Waals surface area contributed by atoms with Gasteiger partial charge in [-0.05, 0) is 36.8 Å². The van der Waals surface area contributed by atoms with E-state index in [1.807, 2.05) is 0 Å². The molecule has 3 rings (SSSR count). The van der Waals surface area contributed by atoms with Crippen molar-refractivity contribution in [2.45, 2.75) is 13.5 Å². The van der Waals surface area contributed by atoms with Crippen LogP contribution in [0.25, 0.3) is 0 Å². The summed E-state index contributed by atoms with van der Waals surface area (Å²) >= 11 is 0. The van der Waals surface area contributed by atoms with E-state index in [4.69, 9.17) is 4.74 Å². The SMILES string of the molecule is Cc1ccc(Oc2ncccc2CNC(=O)c2ccccn2)c(F)c1F. The van der Waals surface area contributed by atoms with Gasteiger partial charge in [-0.25, -0.2) is 9.37 Å². The van der Waals surface area contributed by atoms with Crippen molar-refractivity contribution in [1.29, 1.82) is 0 Å². The molecule has 0 radical (unpaired) electrons. The van der Waals surface area contributed by atoms with Crippen molar-refractivity contribution in [2.75, 3.05) is 0 Å². The number of halogens is 2. The Morgan fingerprint density at radius 3 is 2.62 bits per heavy atom. The second-order valence-electron chi connectivity index (χ2n) is 5.48. The number of nitrogens with one attached hydrogen (secondary N) is 1. The van der Waals surface area contributed by atoms with Crippen LogP contribution in [-0.4, -0.2) is 15.9 Å². The predicted molar refractivity (Wildman–Crippen MR) is 90.8 cm³/mol. The molecule has 2 aromatic heterocycles. The highest BCUT2D eigenvalue weighted by atomic mass is 19.2. The van der Waals surface area contributed by atoms with Gasteiger partial charge in [0.1, 0.15) is 5.69 Å². The topological polar surface area (TPSA) is 64.1 Å². The van der Waals surface area contributed by atoms with Crippen LogP contribution in [0.1, 0.15) is 21.6 Å². The van der Waals surface area contributed by atoms with Gasteiger partial charge in [-0.1, -0.05) is 18.2 Å². The van der Waals surface area contributed by atoms with Gasteiger partial charge in [0, 0.05) is 24.5 Å². The molecule has 0 atom stereocenters. The van der Waals surface area contributed by atoms with E-state index in [2.05, 4.69) is 15.3 Å². The van der Waals surface area contributed by atoms with Crippen LogP contribution in [0.4, 0.5) is 8.78 Å². The molecule has 0 bridgehead atoms. The summed E-state index contributed by atoms with van der Waals surface area (Å²) in [5, 5.41) is 2.69. The number of benzene rings is 1. The number of hydrogen-bond acceptors (Lipinski definition) is 4. The summed E-state index contributed by atoms with van der Waals surface area (Å²) in [4.78, 5) is 20.1. The highest BCUT2D eigenvalue weighted by Crippen LogP contribution is 2.28. The van der Waals surface area contributed by atoms with E-state index in [9.17, 15) is 13.6 Å². The zero-order valence-corrected chi connectivity index (χ0v) is 13.9. The fraction of sp³-hybridized carbons (Fsp3) is 0.105. The molecule has 0 aliphatic carbocycles. The molecular weight excluding hydrogens is 340 g/mol. The second-order valence-corrected chi connectivity index (χ2v) is 5.48. The lowest BCUT2D eigenvalue weighted by molar-refractivity contribution is 0.0945. The van der Waals surface area contributed by atoms with Crippen molar-refractivity contribution in [3.63, 3.8) is 0 Å². The third-order valence-corrected chi connectivity index (χ3v) is 3.63. The van der Waals surface area contributed by atoms with Crippen LogP contribution in [0.3, 0.4) is 0 Å². The Balaban J connectivity index is 1.77. The number of hydrogen-bond donors (Lipinski definition) is 1. The van der Waals surface area contributed by atoms with Crippen molar-refractivity contribution < 1.29 is 18.3 Å². The molecule has 3 aromatic rings. The van der Waals surface area contributed by atoms with Crippen LogP contribution < -0.4 is 10.1 Å². The fourth-order valence-electron chi connectivity index (χ4n) is 2.22. The smallest absolute Gasteiger partial charge is 0.270 e. The van der Waals surface area contributed by atoms with Gasteiger partial charge in [0.25, 0.3) is 5.91 Å². The highest BCUT2D eigenvalue weighted by molar-refractivity contribution is 5.92. The maximum atomic E-state index is 14.0. The number of pyridine rings is 2. The standard InChI is InChI=1S/C19H15F2N3O2/c1-12-7-8-15(17(21)16(12)20)26-19-13(5-4-10-23-19)11-24-18(25)14-6-2-3-9-22-14/h2-10H,11H2,1H3,(H,24,25). The molecule has 1 aromatic carbocycles. The zero-order valence-electron chi connectivity index (χ0n) is 13.9. The van der Waals surface area contributed by atoms with Crippen LogP contribution in [-0.2, 0) is 6.54 Å². The zero-order chi connectivity index (χ0) is 18.5. The van der Waals surface area contributed by atoms with E-state index in [1.54, 1.807) is 30.3 Å². The van der Waals surface area contributed by atoms with Gasteiger partial charge in [0.15, 0.2) is 11.6 Å². The largest absolute Gasteiger partial charge is 0.435 e. The molecule has 5 nitrogen and oxygen atoms in total. The monoisotopic (exact) mass is 355 g/mol. The average Bonchev–Trinajstić information content (AvgIpc) is 2.68. The van der Waals surface area contributed by atoms with Crippen LogP contribution in [0, 0.1) is 18.6 Å². The lowest BCUT2D eigenvalue weighted by atomic mass is 10.2. The lowest BCUT2D eigenvalue weighted by Gasteiger charge is -2.12. The van der Waals surface area contributed by atoms with Gasteiger partial charge in [-0.2, -0.15) is 4.39 Å². The predicted octanol–water partition coefficient (Wildman–Crippen LogP) is 3.79. The summed E-state index contributed by atoms with van der Waals surface area (Å²) < 4.78 is 33.1. The van der Waals surface area contributed by atoms with Gasteiger partial charge >= 0.3 is 0 Å². The molecule has 0 saturated heterocycles. The van der Waals surface area contributed by atoms with Gasteiger partial charge < -0.3 is 10.1 Å². The molecule has 7 heteroatoms. The Hall–Kier alpha value is -3.35. The van der Waals surface area contributed by atoms with Crippen LogP contribution in [0.15, 0.2) is 54.9 Å². The maximum Gasteiger partial charge on any atom is 0.270 e. The molecular formula is C19H15F2N3O2. The van der Waals surface area contributed by atoms with E-state index in [1.165, 1.54) is 31.5 Å². The van der Waals surface area contributed by atoms with Crippen molar-refractivity contribution >= 4 is 5.91 Å². The second kappa shape index (κ2) is 7.69. The number of amides is 1. The first-order valence-corrected chi connectivity index (χ1v) is 7.82. The van der Waals surface area contributed by atoms with Crippen molar-refractivity contribution in [2.24, 2.45) is 0 Å². The van der Waals surface area contributed by atoms with Crippen molar-refractivity contribution in [1.82, 2.24) is 15.3 Å². The first-order valence-electron chi connectivity index (χ1n) is 7.82. The Morgan fingerprint density at radius 1 is 1.04 bits per heavy atom. The van der Waals surface area contributed by atoms with E-state index in [-0.39, 0.29) is 35.3 Å². The third kappa shape index (κ3) is 3.83. The maximum absolute atomic E-state index is 14.0. The molecule has 0 spiro atoms. The Labute approximate surface area is 148 Å². The van der Waals surface area contributed by atoms with E-state index >= 15 is 0 Å². The molecule has 0 saturated carbocycles. The first-order chi connectivity index (χ1) is 12.6. The number of nitrogens with zero attached hydrogens (tertiary/aromatic N) is 2. The minimum Gasteiger partial charge on any atom is -0.435 e. The molecule has 1 N–H and O–H groups in total. The number of aromatic nitrogens is 2. The van der Waals surface area contributed by atoms with E-state index in [0.717, 1.165) is 0 Å². The minimum atomic E-state index is -1.08. The number of carbonyl (C=O) groups excluding carboxylic acids is 1. The average molecular weight is 355 g/mol. The van der Waals surface area contributed by atoms with Crippen LogP contribution in [0.2, 0.25) is 0 Å². The number of ether oxygens (including phenoxy) is 1. The van der Waals surface area contributed by atoms with Crippen molar-refractivity contribution in [3.8, 4) is 11.6 Å². The Morgan fingerprint density at radius 2 is 1.85 bits per heavy atom. The first kappa shape index (κ1) is 17.5. The van der Waals surface area contributed by atoms with Gasteiger partial charge in [-0.15, -0.1) is 0 Å². The summed E-state index contributed by atoms with van der Waals surface area (Å²) in [6, 6.07) is 11.1. The molecule has 0 aliphatic heterocycles. The quantitative estimate of drug-likeness (QED) is 0.756. The van der Waals surface area contributed by atoms with Crippen LogP contribution >= 0.6 is 0 Å². The Kier molecular flexibility index (Phi) is 5.17. The Bertz CT molecular complexity index is 933. The molecule has 0 aliphatic rings. The summed E-state index contributed by atoms with van der Waals surface area (Å²) in [7, 11) is 0. The normalized spacial score (nSPS) is 10.4. The van der Waals surface area contributed by atoms with Gasteiger partial charge in [-0.3, -0.25) is 9.78 Å². The minimum absolute atomic E-state index is 0.0796. The molecule has 0 fully saturated rings. The molecule has 1 amide bonds. The summed E-state index contributed by atoms with van der Waals surface area (Å²) in [5.74, 6) is -2.62. The van der Waals surface area contributed by atoms with E-state index in [0.29, 0.717) is 5.56 Å². The number of carbonyl (C=O) groups is 1. The van der Waals surface area contributed by atoms with Crippen molar-refractivity contribution in [3.05, 3.63) is 83.3 Å². The lowest BCUT2D eigenvalue weighted by Crippen LogP contribution is -2.24. The summed E-state index contributed by atoms with van der Waals surface area (Å²) in [5.41, 5.74) is 0.960. The highest BCUT2D eigenvalue weighted by Gasteiger charge is 2.15. The molecule has 0 unspecified atom stereocenters. The van der Waals surface area contributed by atoms with E-state index < -0.39 is 11.6 Å². The fourth-order valence-corrected chi connectivity index (χ4v) is 2.22. The van der Waals surface area contributed by atoms with Crippen LogP contribution in [0.5, 0.6) is 11.6 Å². The molecule has 26 heavy (non-hydrogen) atoms. The van der Waals surface area contributed by atoms with Gasteiger partial charge in [0.2, 0.25) is 11.7 Å². The molecule has 2 heterocycles. The summed E-state index contributed by atoms with van der Waals surface area (Å²) in [6.07, 6.45) is 2.98. The summed E-state index contributed by atoms with van der Waals surface area (Å²) in [6.45, 7) is 1.55.